The van der Waals surface area contributed by atoms with Gasteiger partial charge < -0.3 is 15.0 Å². The van der Waals surface area contributed by atoms with E-state index in [9.17, 15) is 22.4 Å². The standard InChI is InChI=1S/C30H36FN3O5S/c1-5-18-32-30(36)28(6-2)33(20-23-8-7-9-26(19-23)39-4)29(35)21-34(25-14-12-24(31)13-15-25)40(37,38)27-16-10-22(3)11-17-27/h7-17,19,28H,5-6,18,20-21H2,1-4H3,(H,32,36)/t28-/m1/s1. The fourth-order valence-corrected chi connectivity index (χ4v) is 5.64. The van der Waals surface area contributed by atoms with Crippen LogP contribution < -0.4 is 14.4 Å². The minimum atomic E-state index is -4.22. The third kappa shape index (κ3) is 7.59. The average molecular weight is 570 g/mol. The van der Waals surface area contributed by atoms with Crippen molar-refractivity contribution in [2.45, 2.75) is 51.1 Å². The number of sulfonamides is 1. The van der Waals surface area contributed by atoms with Crippen LogP contribution in [0.25, 0.3) is 0 Å². The Labute approximate surface area is 235 Å². The minimum absolute atomic E-state index is 0.0118. The predicted octanol–water partition coefficient (Wildman–Crippen LogP) is 4.67. The number of carbonyl (C=O) groups is 2. The number of methoxy groups -OCH3 is 1. The molecular weight excluding hydrogens is 533 g/mol. The highest BCUT2D eigenvalue weighted by atomic mass is 32.2. The molecule has 0 bridgehead atoms. The van der Waals surface area contributed by atoms with E-state index in [1.807, 2.05) is 13.8 Å². The Morgan fingerprint density at radius 1 is 1.00 bits per heavy atom. The maximum Gasteiger partial charge on any atom is 0.264 e. The van der Waals surface area contributed by atoms with Gasteiger partial charge in [-0.25, -0.2) is 12.8 Å². The second-order valence-electron chi connectivity index (χ2n) is 9.39. The zero-order valence-corrected chi connectivity index (χ0v) is 24.1. The molecule has 3 rings (SSSR count). The number of aryl methyl sites for hydroxylation is 1. The summed E-state index contributed by atoms with van der Waals surface area (Å²) in [6, 6.07) is 17.4. The molecule has 0 heterocycles. The van der Waals surface area contributed by atoms with E-state index in [2.05, 4.69) is 5.32 Å². The van der Waals surface area contributed by atoms with Crippen molar-refractivity contribution in [2.24, 2.45) is 0 Å². The van der Waals surface area contributed by atoms with Crippen LogP contribution in [-0.4, -0.2) is 51.4 Å². The zero-order valence-electron chi connectivity index (χ0n) is 23.3. The van der Waals surface area contributed by atoms with Gasteiger partial charge in [-0.05, 0) is 73.9 Å². The van der Waals surface area contributed by atoms with E-state index in [1.165, 1.54) is 36.3 Å². The van der Waals surface area contributed by atoms with Crippen molar-refractivity contribution in [3.63, 3.8) is 0 Å². The molecule has 1 atom stereocenters. The largest absolute Gasteiger partial charge is 0.497 e. The molecule has 0 unspecified atom stereocenters. The Hall–Kier alpha value is -3.92. The first kappa shape index (κ1) is 30.6. The number of nitrogens with zero attached hydrogens (tertiary/aromatic N) is 2. The SMILES string of the molecule is CCCNC(=O)[C@@H](CC)N(Cc1cccc(OC)c1)C(=O)CN(c1ccc(F)cc1)S(=O)(=O)c1ccc(C)cc1. The summed E-state index contributed by atoms with van der Waals surface area (Å²) in [4.78, 5) is 28.5. The number of nitrogens with one attached hydrogen (secondary N) is 1. The van der Waals surface area contributed by atoms with Crippen LogP contribution in [0, 0.1) is 12.7 Å². The molecule has 10 heteroatoms. The van der Waals surface area contributed by atoms with E-state index in [-0.39, 0.29) is 23.0 Å². The molecule has 0 saturated carbocycles. The lowest BCUT2D eigenvalue weighted by Gasteiger charge is -2.33. The quantitative estimate of drug-likeness (QED) is 0.323. The average Bonchev–Trinajstić information content (AvgIpc) is 2.95. The lowest BCUT2D eigenvalue weighted by atomic mass is 10.1. The van der Waals surface area contributed by atoms with Crippen LogP contribution in [0.4, 0.5) is 10.1 Å². The fraction of sp³-hybridized carbons (Fsp3) is 0.333. The summed E-state index contributed by atoms with van der Waals surface area (Å²) in [5.74, 6) is -0.860. The molecule has 3 aromatic carbocycles. The molecule has 2 amide bonds. The lowest BCUT2D eigenvalue weighted by Crippen LogP contribution is -2.52. The van der Waals surface area contributed by atoms with Gasteiger partial charge in [0.25, 0.3) is 10.0 Å². The molecule has 0 aliphatic rings. The zero-order chi connectivity index (χ0) is 29.3. The van der Waals surface area contributed by atoms with Crippen LogP contribution in [0.3, 0.4) is 0 Å². The van der Waals surface area contributed by atoms with Crippen LogP contribution in [0.15, 0.2) is 77.7 Å². The van der Waals surface area contributed by atoms with E-state index in [0.717, 1.165) is 28.4 Å². The maximum absolute atomic E-state index is 14.0. The molecule has 8 nitrogen and oxygen atoms in total. The Kier molecular flexibility index (Phi) is 10.7. The molecule has 0 saturated heterocycles. The van der Waals surface area contributed by atoms with E-state index >= 15 is 0 Å². The highest BCUT2D eigenvalue weighted by molar-refractivity contribution is 7.92. The summed E-state index contributed by atoms with van der Waals surface area (Å²) < 4.78 is 47.6. The Morgan fingerprint density at radius 2 is 1.68 bits per heavy atom. The Balaban J connectivity index is 2.05. The molecular formula is C30H36FN3O5S. The Bertz CT molecular complexity index is 1400. The van der Waals surface area contributed by atoms with Crippen molar-refractivity contribution < 1.29 is 27.1 Å². The van der Waals surface area contributed by atoms with Crippen LogP contribution in [0.2, 0.25) is 0 Å². The van der Waals surface area contributed by atoms with Crippen LogP contribution >= 0.6 is 0 Å². The van der Waals surface area contributed by atoms with Crippen molar-refractivity contribution in [3.8, 4) is 5.75 Å². The predicted molar refractivity (Wildman–Crippen MR) is 153 cm³/mol. The number of anilines is 1. The summed E-state index contributed by atoms with van der Waals surface area (Å²) in [7, 11) is -2.69. The fourth-order valence-electron chi connectivity index (χ4n) is 4.23. The summed E-state index contributed by atoms with van der Waals surface area (Å²) in [5.41, 5.74) is 1.71. The minimum Gasteiger partial charge on any atom is -0.497 e. The smallest absolute Gasteiger partial charge is 0.264 e. The third-order valence-corrected chi connectivity index (χ3v) is 8.21. The van der Waals surface area contributed by atoms with Gasteiger partial charge >= 0.3 is 0 Å². The molecule has 0 radical (unpaired) electrons. The number of carbonyl (C=O) groups excluding carboxylic acids is 2. The monoisotopic (exact) mass is 569 g/mol. The van der Waals surface area contributed by atoms with Gasteiger partial charge in [-0.2, -0.15) is 0 Å². The molecule has 0 aromatic heterocycles. The van der Waals surface area contributed by atoms with Gasteiger partial charge in [0, 0.05) is 13.1 Å². The molecule has 0 fully saturated rings. The Morgan fingerprint density at radius 3 is 2.27 bits per heavy atom. The van der Waals surface area contributed by atoms with Gasteiger partial charge in [-0.1, -0.05) is 43.7 Å². The van der Waals surface area contributed by atoms with Crippen molar-refractivity contribution in [3.05, 3.63) is 89.7 Å². The van der Waals surface area contributed by atoms with E-state index in [1.54, 1.807) is 43.3 Å². The first-order valence-electron chi connectivity index (χ1n) is 13.2. The number of hydrogen-bond donors (Lipinski definition) is 1. The van der Waals surface area contributed by atoms with Crippen molar-refractivity contribution in [1.29, 1.82) is 0 Å². The lowest BCUT2D eigenvalue weighted by molar-refractivity contribution is -0.140. The summed E-state index contributed by atoms with van der Waals surface area (Å²) >= 11 is 0. The van der Waals surface area contributed by atoms with Crippen molar-refractivity contribution in [2.75, 3.05) is 24.5 Å². The second kappa shape index (κ2) is 13.9. The number of hydrogen-bond acceptors (Lipinski definition) is 5. The topological polar surface area (TPSA) is 96.0 Å². The van der Waals surface area contributed by atoms with Gasteiger partial charge in [0.15, 0.2) is 0 Å². The van der Waals surface area contributed by atoms with Crippen LogP contribution in [0.1, 0.15) is 37.8 Å². The van der Waals surface area contributed by atoms with Crippen LogP contribution in [0.5, 0.6) is 5.75 Å². The highest BCUT2D eigenvalue weighted by Crippen LogP contribution is 2.26. The van der Waals surface area contributed by atoms with Crippen LogP contribution in [-0.2, 0) is 26.2 Å². The number of halogens is 1. The molecule has 3 aromatic rings. The third-order valence-electron chi connectivity index (χ3n) is 6.42. The molecule has 40 heavy (non-hydrogen) atoms. The number of amides is 2. The van der Waals surface area contributed by atoms with Crippen molar-refractivity contribution in [1.82, 2.24) is 10.2 Å². The second-order valence-corrected chi connectivity index (χ2v) is 11.3. The van der Waals surface area contributed by atoms with Gasteiger partial charge in [0.2, 0.25) is 11.8 Å². The number of benzene rings is 3. The molecule has 0 aliphatic carbocycles. The van der Waals surface area contributed by atoms with Crippen molar-refractivity contribution >= 4 is 27.5 Å². The molecule has 0 spiro atoms. The molecule has 1 N–H and O–H groups in total. The van der Waals surface area contributed by atoms with Gasteiger partial charge in [0.05, 0.1) is 17.7 Å². The summed E-state index contributed by atoms with van der Waals surface area (Å²) in [6.45, 7) is 5.46. The number of ether oxygens (including phenoxy) is 1. The molecule has 214 valence electrons. The van der Waals surface area contributed by atoms with E-state index in [4.69, 9.17) is 4.74 Å². The van der Waals surface area contributed by atoms with E-state index < -0.39 is 34.3 Å². The number of rotatable bonds is 13. The summed E-state index contributed by atoms with van der Waals surface area (Å²) in [6.07, 6.45) is 1.03. The van der Waals surface area contributed by atoms with E-state index in [0.29, 0.717) is 24.3 Å². The maximum atomic E-state index is 14.0. The molecule has 0 aliphatic heterocycles. The first-order chi connectivity index (χ1) is 19.1. The highest BCUT2D eigenvalue weighted by Gasteiger charge is 2.33. The van der Waals surface area contributed by atoms with Gasteiger partial charge in [0.1, 0.15) is 24.2 Å². The summed E-state index contributed by atoms with van der Waals surface area (Å²) in [5, 5.41) is 2.85. The van der Waals surface area contributed by atoms with Gasteiger partial charge in [-0.3, -0.25) is 13.9 Å². The van der Waals surface area contributed by atoms with Gasteiger partial charge in [-0.15, -0.1) is 0 Å². The normalized spacial score (nSPS) is 11.9. The first-order valence-corrected chi connectivity index (χ1v) is 14.6.